The molecule has 122 valence electrons. The normalized spacial score (nSPS) is 14.5. The maximum absolute atomic E-state index is 12.0. The third kappa shape index (κ3) is 3.82. The van der Waals surface area contributed by atoms with Crippen molar-refractivity contribution in [2.24, 2.45) is 0 Å². The maximum Gasteiger partial charge on any atom is 0.240 e. The Morgan fingerprint density at radius 1 is 1.36 bits per heavy atom. The molecule has 22 heavy (non-hydrogen) atoms. The highest BCUT2D eigenvalue weighted by molar-refractivity contribution is 7.92. The van der Waals surface area contributed by atoms with Gasteiger partial charge < -0.3 is 14.8 Å². The molecule has 0 saturated carbocycles. The Morgan fingerprint density at radius 2 is 2.05 bits per heavy atom. The van der Waals surface area contributed by atoms with E-state index in [1.807, 2.05) is 13.8 Å². The van der Waals surface area contributed by atoms with Crippen LogP contribution in [0.2, 0.25) is 0 Å². The summed E-state index contributed by atoms with van der Waals surface area (Å²) in [5.41, 5.74) is 0.367. The van der Waals surface area contributed by atoms with Crippen molar-refractivity contribution in [1.29, 1.82) is 0 Å². The Bertz CT molecular complexity index is 659. The van der Waals surface area contributed by atoms with Gasteiger partial charge in [0.1, 0.15) is 6.54 Å². The highest BCUT2D eigenvalue weighted by atomic mass is 32.2. The first-order chi connectivity index (χ1) is 10.3. The number of carbonyl (C=O) groups is 1. The van der Waals surface area contributed by atoms with Crippen LogP contribution in [0, 0.1) is 0 Å². The van der Waals surface area contributed by atoms with Gasteiger partial charge in [0.2, 0.25) is 22.7 Å². The molecule has 0 spiro atoms. The summed E-state index contributed by atoms with van der Waals surface area (Å²) in [6, 6.07) is 4.76. The standard InChI is InChI=1S/C14H20N2O5S/c1-4-10(2)15-14(17)8-16(22(3,18)19)11-5-6-12-13(7-11)21-9-20-12/h5-7,10H,4,8-9H2,1-3H3,(H,15,17). The molecule has 7 nitrogen and oxygen atoms in total. The van der Waals surface area contributed by atoms with Crippen LogP contribution in [0.3, 0.4) is 0 Å². The van der Waals surface area contributed by atoms with Gasteiger partial charge in [-0.3, -0.25) is 9.10 Å². The highest BCUT2D eigenvalue weighted by Crippen LogP contribution is 2.35. The molecular formula is C14H20N2O5S. The van der Waals surface area contributed by atoms with Gasteiger partial charge in [0, 0.05) is 12.1 Å². The van der Waals surface area contributed by atoms with Crippen LogP contribution in [0.15, 0.2) is 18.2 Å². The molecule has 1 atom stereocenters. The Balaban J connectivity index is 2.22. The van der Waals surface area contributed by atoms with Crippen molar-refractivity contribution in [1.82, 2.24) is 5.32 Å². The molecule has 1 heterocycles. The van der Waals surface area contributed by atoms with Crippen LogP contribution >= 0.6 is 0 Å². The zero-order valence-corrected chi connectivity index (χ0v) is 13.6. The molecule has 8 heteroatoms. The SMILES string of the molecule is CCC(C)NC(=O)CN(c1ccc2c(c1)OCO2)S(C)(=O)=O. The molecular weight excluding hydrogens is 308 g/mol. The monoisotopic (exact) mass is 328 g/mol. The second kappa shape index (κ2) is 6.43. The molecule has 0 bridgehead atoms. The summed E-state index contributed by atoms with van der Waals surface area (Å²) in [4.78, 5) is 12.0. The fourth-order valence-corrected chi connectivity index (χ4v) is 2.84. The summed E-state index contributed by atoms with van der Waals surface area (Å²) in [5, 5.41) is 2.75. The third-order valence-corrected chi connectivity index (χ3v) is 4.49. The second-order valence-electron chi connectivity index (χ2n) is 5.18. The maximum atomic E-state index is 12.0. The first-order valence-electron chi connectivity index (χ1n) is 6.98. The summed E-state index contributed by atoms with van der Waals surface area (Å²) in [5.74, 6) is 0.673. The molecule has 1 aliphatic heterocycles. The number of ether oxygens (including phenoxy) is 2. The van der Waals surface area contributed by atoms with Crippen molar-refractivity contribution >= 4 is 21.6 Å². The quantitative estimate of drug-likeness (QED) is 0.845. The number of nitrogens with one attached hydrogen (secondary N) is 1. The highest BCUT2D eigenvalue weighted by Gasteiger charge is 2.24. The fraction of sp³-hybridized carbons (Fsp3) is 0.500. The van der Waals surface area contributed by atoms with E-state index in [0.717, 1.165) is 17.0 Å². The lowest BCUT2D eigenvalue weighted by Gasteiger charge is -2.23. The predicted molar refractivity (Wildman–Crippen MR) is 82.7 cm³/mol. The number of fused-ring (bicyclic) bond motifs is 1. The summed E-state index contributed by atoms with van der Waals surface area (Å²) >= 11 is 0. The molecule has 0 radical (unpaired) electrons. The molecule has 1 unspecified atom stereocenters. The first-order valence-corrected chi connectivity index (χ1v) is 8.82. The topological polar surface area (TPSA) is 84.9 Å². The molecule has 1 N–H and O–H groups in total. The molecule has 0 aromatic heterocycles. The van der Waals surface area contributed by atoms with Gasteiger partial charge in [-0.25, -0.2) is 8.42 Å². The summed E-state index contributed by atoms with van der Waals surface area (Å²) < 4.78 is 35.5. The number of nitrogens with zero attached hydrogens (tertiary/aromatic N) is 1. The Morgan fingerprint density at radius 3 is 2.68 bits per heavy atom. The number of rotatable bonds is 6. The van der Waals surface area contributed by atoms with Crippen molar-refractivity contribution < 1.29 is 22.7 Å². The van der Waals surface area contributed by atoms with Crippen LogP contribution < -0.4 is 19.1 Å². The van der Waals surface area contributed by atoms with E-state index in [-0.39, 0.29) is 25.3 Å². The van der Waals surface area contributed by atoms with E-state index < -0.39 is 10.0 Å². The average molecular weight is 328 g/mol. The van der Waals surface area contributed by atoms with Crippen molar-refractivity contribution in [3.05, 3.63) is 18.2 Å². The summed E-state index contributed by atoms with van der Waals surface area (Å²) in [6.07, 6.45) is 1.84. The van der Waals surface area contributed by atoms with Gasteiger partial charge in [0.25, 0.3) is 0 Å². The minimum Gasteiger partial charge on any atom is -0.454 e. The van der Waals surface area contributed by atoms with Gasteiger partial charge >= 0.3 is 0 Å². The Labute approximate surface area is 130 Å². The molecule has 0 fully saturated rings. The van der Waals surface area contributed by atoms with E-state index in [4.69, 9.17) is 9.47 Å². The number of carbonyl (C=O) groups excluding carboxylic acids is 1. The van der Waals surface area contributed by atoms with E-state index in [0.29, 0.717) is 17.2 Å². The van der Waals surface area contributed by atoms with E-state index in [1.165, 1.54) is 0 Å². The van der Waals surface area contributed by atoms with Crippen LogP contribution in [0.4, 0.5) is 5.69 Å². The van der Waals surface area contributed by atoms with Gasteiger partial charge in [0.05, 0.1) is 11.9 Å². The van der Waals surface area contributed by atoms with Crippen LogP contribution in [0.1, 0.15) is 20.3 Å². The average Bonchev–Trinajstić information content (AvgIpc) is 2.90. The molecule has 1 amide bonds. The first kappa shape index (κ1) is 16.4. The molecule has 1 aliphatic rings. The number of anilines is 1. The number of hydrogen-bond acceptors (Lipinski definition) is 5. The fourth-order valence-electron chi connectivity index (χ4n) is 1.99. The number of sulfonamides is 1. The van der Waals surface area contributed by atoms with E-state index >= 15 is 0 Å². The van der Waals surface area contributed by atoms with Crippen molar-refractivity contribution in [3.8, 4) is 11.5 Å². The van der Waals surface area contributed by atoms with Crippen molar-refractivity contribution in [2.45, 2.75) is 26.3 Å². The van der Waals surface area contributed by atoms with Gasteiger partial charge in [-0.05, 0) is 25.5 Å². The van der Waals surface area contributed by atoms with Crippen molar-refractivity contribution in [2.75, 3.05) is 23.9 Å². The van der Waals surface area contributed by atoms with Crippen LogP contribution in [0.25, 0.3) is 0 Å². The minimum absolute atomic E-state index is 0.00864. The minimum atomic E-state index is -3.60. The van der Waals surface area contributed by atoms with Crippen LogP contribution in [-0.4, -0.2) is 40.0 Å². The lowest BCUT2D eigenvalue weighted by molar-refractivity contribution is -0.120. The van der Waals surface area contributed by atoms with Gasteiger partial charge in [-0.15, -0.1) is 0 Å². The van der Waals surface area contributed by atoms with Crippen LogP contribution in [0.5, 0.6) is 11.5 Å². The van der Waals surface area contributed by atoms with E-state index in [2.05, 4.69) is 5.32 Å². The molecule has 2 rings (SSSR count). The Hall–Kier alpha value is -1.96. The third-order valence-electron chi connectivity index (χ3n) is 3.35. The summed E-state index contributed by atoms with van der Waals surface area (Å²) in [7, 11) is -3.60. The van der Waals surface area contributed by atoms with Gasteiger partial charge in [-0.2, -0.15) is 0 Å². The summed E-state index contributed by atoms with van der Waals surface area (Å²) in [6.45, 7) is 3.63. The zero-order chi connectivity index (χ0) is 16.3. The van der Waals surface area contributed by atoms with Gasteiger partial charge in [0.15, 0.2) is 11.5 Å². The molecule has 1 aromatic rings. The number of amides is 1. The second-order valence-corrected chi connectivity index (χ2v) is 7.09. The predicted octanol–water partition coefficient (Wildman–Crippen LogP) is 1.10. The zero-order valence-electron chi connectivity index (χ0n) is 12.8. The van der Waals surface area contributed by atoms with Crippen molar-refractivity contribution in [3.63, 3.8) is 0 Å². The lowest BCUT2D eigenvalue weighted by Crippen LogP contribution is -2.43. The molecule has 0 aliphatic carbocycles. The number of benzene rings is 1. The molecule has 0 saturated heterocycles. The Kier molecular flexibility index (Phi) is 4.80. The van der Waals surface area contributed by atoms with Gasteiger partial charge in [-0.1, -0.05) is 6.92 Å². The molecule has 1 aromatic carbocycles. The van der Waals surface area contributed by atoms with Crippen LogP contribution in [-0.2, 0) is 14.8 Å². The number of hydrogen-bond donors (Lipinski definition) is 1. The van der Waals surface area contributed by atoms with E-state index in [1.54, 1.807) is 18.2 Å². The lowest BCUT2D eigenvalue weighted by atomic mass is 10.2. The smallest absolute Gasteiger partial charge is 0.240 e. The van der Waals surface area contributed by atoms with E-state index in [9.17, 15) is 13.2 Å². The largest absolute Gasteiger partial charge is 0.454 e.